The summed E-state index contributed by atoms with van der Waals surface area (Å²) in [6, 6.07) is 22.8. The second-order valence-electron chi connectivity index (χ2n) is 6.59. The Morgan fingerprint density at radius 3 is 2.38 bits per heavy atom. The first-order valence-corrected chi connectivity index (χ1v) is 9.73. The largest absolute Gasteiger partial charge is 0.492 e. The van der Waals surface area contributed by atoms with Gasteiger partial charge in [-0.1, -0.05) is 54.6 Å². The molecule has 2 N–H and O–H groups in total. The highest BCUT2D eigenvalue weighted by Crippen LogP contribution is 2.25. The number of rotatable bonds is 9. The molecule has 0 aliphatic heterocycles. The summed E-state index contributed by atoms with van der Waals surface area (Å²) in [6.45, 7) is 3.00. The van der Waals surface area contributed by atoms with Crippen molar-refractivity contribution in [3.63, 3.8) is 0 Å². The van der Waals surface area contributed by atoms with Crippen LogP contribution in [0.1, 0.15) is 24.1 Å². The van der Waals surface area contributed by atoms with Crippen molar-refractivity contribution >= 4 is 11.6 Å². The third kappa shape index (κ3) is 5.90. The van der Waals surface area contributed by atoms with Crippen LogP contribution < -0.4 is 15.4 Å². The Morgan fingerprint density at radius 2 is 1.66 bits per heavy atom. The molecule has 3 rings (SSSR count). The summed E-state index contributed by atoms with van der Waals surface area (Å²) < 4.78 is 18.7. The molecule has 0 fully saturated rings. The van der Waals surface area contributed by atoms with E-state index >= 15 is 0 Å². The van der Waals surface area contributed by atoms with Crippen molar-refractivity contribution in [1.82, 2.24) is 5.32 Å². The van der Waals surface area contributed by atoms with Crippen molar-refractivity contribution < 1.29 is 13.9 Å². The van der Waals surface area contributed by atoms with E-state index in [1.165, 1.54) is 12.1 Å². The van der Waals surface area contributed by atoms with Gasteiger partial charge in [0.1, 0.15) is 17.6 Å². The molecule has 0 bridgehead atoms. The topological polar surface area (TPSA) is 50.4 Å². The average molecular weight is 392 g/mol. The van der Waals surface area contributed by atoms with E-state index in [1.54, 1.807) is 12.1 Å². The van der Waals surface area contributed by atoms with Gasteiger partial charge >= 0.3 is 0 Å². The first kappa shape index (κ1) is 20.6. The van der Waals surface area contributed by atoms with Crippen molar-refractivity contribution in [2.75, 3.05) is 18.5 Å². The molecule has 0 unspecified atom stereocenters. The molecule has 0 aromatic heterocycles. The van der Waals surface area contributed by atoms with Crippen LogP contribution in [-0.4, -0.2) is 19.1 Å². The van der Waals surface area contributed by atoms with E-state index < -0.39 is 6.04 Å². The van der Waals surface area contributed by atoms with Gasteiger partial charge in [-0.3, -0.25) is 4.79 Å². The monoisotopic (exact) mass is 392 g/mol. The molecule has 29 heavy (non-hydrogen) atoms. The number of halogens is 1. The second-order valence-corrected chi connectivity index (χ2v) is 6.59. The average Bonchev–Trinajstić information content (AvgIpc) is 2.74. The molecular formula is C24H25FN2O2. The van der Waals surface area contributed by atoms with Crippen molar-refractivity contribution in [3.8, 4) is 5.75 Å². The number of anilines is 1. The lowest BCUT2D eigenvalue weighted by molar-refractivity contribution is -0.118. The number of carbonyl (C=O) groups excluding carboxylic acids is 1. The molecule has 1 atom stereocenters. The molecule has 150 valence electrons. The van der Waals surface area contributed by atoms with Crippen molar-refractivity contribution in [3.05, 3.63) is 95.8 Å². The fourth-order valence-corrected chi connectivity index (χ4v) is 3.08. The highest BCUT2D eigenvalue weighted by molar-refractivity contribution is 5.96. The maximum Gasteiger partial charge on any atom is 0.246 e. The van der Waals surface area contributed by atoms with Crippen molar-refractivity contribution in [2.24, 2.45) is 0 Å². The third-order valence-corrected chi connectivity index (χ3v) is 4.52. The van der Waals surface area contributed by atoms with Gasteiger partial charge in [0.25, 0.3) is 0 Å². The van der Waals surface area contributed by atoms with Gasteiger partial charge in [0.2, 0.25) is 5.91 Å². The summed E-state index contributed by atoms with van der Waals surface area (Å²) >= 11 is 0. The predicted molar refractivity (Wildman–Crippen MR) is 114 cm³/mol. The zero-order valence-electron chi connectivity index (χ0n) is 16.4. The molecule has 0 saturated heterocycles. The lowest BCUT2D eigenvalue weighted by Gasteiger charge is -2.20. The van der Waals surface area contributed by atoms with Crippen LogP contribution in [-0.2, 0) is 11.2 Å². The van der Waals surface area contributed by atoms with Crippen LogP contribution >= 0.6 is 0 Å². The van der Waals surface area contributed by atoms with E-state index in [-0.39, 0.29) is 11.7 Å². The maximum absolute atomic E-state index is 13.1. The molecule has 0 saturated carbocycles. The van der Waals surface area contributed by atoms with Crippen LogP contribution in [0.4, 0.5) is 10.1 Å². The van der Waals surface area contributed by atoms with Gasteiger partial charge in [-0.2, -0.15) is 0 Å². The minimum absolute atomic E-state index is 0.164. The molecule has 0 radical (unpaired) electrons. The number of carbonyl (C=O) groups is 1. The molecule has 0 spiro atoms. The SMILES string of the molecule is CCOc1ccccc1NC(=O)[C@@H](NCCc1ccc(F)cc1)c1ccccc1. The van der Waals surface area contributed by atoms with Crippen molar-refractivity contribution in [2.45, 2.75) is 19.4 Å². The third-order valence-electron chi connectivity index (χ3n) is 4.52. The minimum Gasteiger partial charge on any atom is -0.492 e. The standard InChI is InChI=1S/C24H25FN2O2/c1-2-29-22-11-7-6-10-21(22)27-24(28)23(19-8-4-3-5-9-19)26-17-16-18-12-14-20(25)15-13-18/h3-15,23,26H,2,16-17H2,1H3,(H,27,28)/t23-/m0/s1. The normalized spacial score (nSPS) is 11.7. The zero-order valence-corrected chi connectivity index (χ0v) is 16.4. The van der Waals surface area contributed by atoms with Gasteiger partial charge in [-0.15, -0.1) is 0 Å². The first-order valence-electron chi connectivity index (χ1n) is 9.73. The van der Waals surface area contributed by atoms with Gasteiger partial charge in [0, 0.05) is 6.54 Å². The summed E-state index contributed by atoms with van der Waals surface area (Å²) in [5.41, 5.74) is 2.52. The molecule has 0 aliphatic rings. The van der Waals surface area contributed by atoms with Crippen LogP contribution in [0.15, 0.2) is 78.9 Å². The Labute approximate surface area is 170 Å². The number of hydrogen-bond donors (Lipinski definition) is 2. The Morgan fingerprint density at radius 1 is 0.966 bits per heavy atom. The highest BCUT2D eigenvalue weighted by atomic mass is 19.1. The first-order chi connectivity index (χ1) is 14.2. The van der Waals surface area contributed by atoms with Crippen LogP contribution in [0.2, 0.25) is 0 Å². The van der Waals surface area contributed by atoms with E-state index in [2.05, 4.69) is 10.6 Å². The molecule has 3 aromatic carbocycles. The summed E-state index contributed by atoms with van der Waals surface area (Å²) in [6.07, 6.45) is 0.687. The molecule has 4 nitrogen and oxygen atoms in total. The van der Waals surface area contributed by atoms with Crippen LogP contribution in [0.3, 0.4) is 0 Å². The van der Waals surface area contributed by atoms with Crippen LogP contribution in [0, 0.1) is 5.82 Å². The van der Waals surface area contributed by atoms with Crippen molar-refractivity contribution in [1.29, 1.82) is 0 Å². The van der Waals surface area contributed by atoms with E-state index in [0.29, 0.717) is 31.0 Å². The van der Waals surface area contributed by atoms with Crippen LogP contribution in [0.5, 0.6) is 5.75 Å². The Kier molecular flexibility index (Phi) is 7.36. The number of hydrogen-bond acceptors (Lipinski definition) is 3. The summed E-state index contributed by atoms with van der Waals surface area (Å²) in [7, 11) is 0. The molecule has 1 amide bonds. The predicted octanol–water partition coefficient (Wildman–Crippen LogP) is 4.74. The Hall–Kier alpha value is -3.18. The summed E-state index contributed by atoms with van der Waals surface area (Å²) in [5, 5.41) is 6.30. The lowest BCUT2D eigenvalue weighted by Crippen LogP contribution is -2.34. The van der Waals surface area contributed by atoms with E-state index in [4.69, 9.17) is 4.74 Å². The van der Waals surface area contributed by atoms with Gasteiger partial charge in [-0.05, 0) is 48.7 Å². The zero-order chi connectivity index (χ0) is 20.5. The van der Waals surface area contributed by atoms with E-state index in [0.717, 1.165) is 11.1 Å². The lowest BCUT2D eigenvalue weighted by atomic mass is 10.1. The highest BCUT2D eigenvalue weighted by Gasteiger charge is 2.21. The quantitative estimate of drug-likeness (QED) is 0.553. The molecule has 5 heteroatoms. The number of para-hydroxylation sites is 2. The summed E-state index contributed by atoms with van der Waals surface area (Å²) in [5.74, 6) is 0.222. The van der Waals surface area contributed by atoms with E-state index in [1.807, 2.05) is 61.5 Å². The number of ether oxygens (including phenoxy) is 1. The van der Waals surface area contributed by atoms with E-state index in [9.17, 15) is 9.18 Å². The van der Waals surface area contributed by atoms with Gasteiger partial charge < -0.3 is 15.4 Å². The minimum atomic E-state index is -0.522. The fraction of sp³-hybridized carbons (Fsp3) is 0.208. The second kappa shape index (κ2) is 10.4. The molecule has 3 aromatic rings. The smallest absolute Gasteiger partial charge is 0.246 e. The van der Waals surface area contributed by atoms with Gasteiger partial charge in [0.05, 0.1) is 12.3 Å². The fourth-order valence-electron chi connectivity index (χ4n) is 3.08. The molecule has 0 aliphatic carbocycles. The molecular weight excluding hydrogens is 367 g/mol. The van der Waals surface area contributed by atoms with Crippen LogP contribution in [0.25, 0.3) is 0 Å². The number of amides is 1. The Balaban J connectivity index is 1.71. The van der Waals surface area contributed by atoms with Gasteiger partial charge in [-0.25, -0.2) is 4.39 Å². The maximum atomic E-state index is 13.1. The number of benzene rings is 3. The number of nitrogens with one attached hydrogen (secondary N) is 2. The molecule has 0 heterocycles. The van der Waals surface area contributed by atoms with Gasteiger partial charge in [0.15, 0.2) is 0 Å². The Bertz CT molecular complexity index is 914. The summed E-state index contributed by atoms with van der Waals surface area (Å²) in [4.78, 5) is 13.1.